The largest absolute Gasteiger partial charge is 0.113 e. The number of rotatable bonds is 2. The van der Waals surface area contributed by atoms with Gasteiger partial charge in [-0.1, -0.05) is 55.6 Å². The molecule has 0 amide bonds. The molecule has 0 aliphatic rings. The average Bonchev–Trinajstić information content (AvgIpc) is 2.34. The second kappa shape index (κ2) is 5.96. The summed E-state index contributed by atoms with van der Waals surface area (Å²) in [5, 5.41) is 0.514. The molecule has 0 saturated carbocycles. The van der Waals surface area contributed by atoms with Crippen LogP contribution in [0.15, 0.2) is 45.3 Å². The van der Waals surface area contributed by atoms with Crippen molar-refractivity contribution in [1.82, 2.24) is 0 Å². The van der Waals surface area contributed by atoms with Gasteiger partial charge in [-0.25, -0.2) is 0 Å². The third kappa shape index (κ3) is 3.11. The second-order valence-electron chi connectivity index (χ2n) is 4.04. The summed E-state index contributed by atoms with van der Waals surface area (Å²) in [7, 11) is 0. The molecule has 0 N–H and O–H groups in total. The first-order valence-electron chi connectivity index (χ1n) is 5.34. The lowest BCUT2D eigenvalue weighted by Gasteiger charge is -2.14. The van der Waals surface area contributed by atoms with Crippen LogP contribution in [0.3, 0.4) is 0 Å². The molecule has 94 valence electrons. The van der Waals surface area contributed by atoms with Gasteiger partial charge in [-0.15, -0.1) is 11.6 Å². The van der Waals surface area contributed by atoms with Crippen molar-refractivity contribution in [2.45, 2.75) is 12.3 Å². The lowest BCUT2D eigenvalue weighted by Crippen LogP contribution is -1.95. The van der Waals surface area contributed by atoms with E-state index >= 15 is 0 Å². The highest BCUT2D eigenvalue weighted by atomic mass is 79.9. The fourth-order valence-electron chi connectivity index (χ4n) is 1.67. The second-order valence-corrected chi connectivity index (χ2v) is 6.62. The van der Waals surface area contributed by atoms with Crippen LogP contribution in [0.4, 0.5) is 0 Å². The monoisotopic (exact) mass is 406 g/mol. The molecule has 18 heavy (non-hydrogen) atoms. The van der Waals surface area contributed by atoms with Gasteiger partial charge in [0.15, 0.2) is 0 Å². The predicted octanol–water partition coefficient (Wildman–Crippen LogP) is 6.50. The van der Waals surface area contributed by atoms with Gasteiger partial charge in [0.25, 0.3) is 0 Å². The quantitative estimate of drug-likeness (QED) is 0.497. The minimum Gasteiger partial charge on any atom is -0.113 e. The molecule has 0 heterocycles. The zero-order valence-corrected chi connectivity index (χ0v) is 14.2. The SMILES string of the molecule is Cc1cc(Br)c(C(Cl)c2ccc(Cl)cc2)cc1Br. The highest BCUT2D eigenvalue weighted by molar-refractivity contribution is 9.11. The highest BCUT2D eigenvalue weighted by Gasteiger charge is 2.15. The van der Waals surface area contributed by atoms with Gasteiger partial charge >= 0.3 is 0 Å². The highest BCUT2D eigenvalue weighted by Crippen LogP contribution is 2.37. The molecular weight excluding hydrogens is 399 g/mol. The summed E-state index contributed by atoms with van der Waals surface area (Å²) < 4.78 is 2.07. The third-order valence-corrected chi connectivity index (χ3v) is 4.99. The van der Waals surface area contributed by atoms with E-state index in [4.69, 9.17) is 23.2 Å². The van der Waals surface area contributed by atoms with Crippen LogP contribution in [0.25, 0.3) is 0 Å². The van der Waals surface area contributed by atoms with Crippen molar-refractivity contribution in [1.29, 1.82) is 0 Å². The topological polar surface area (TPSA) is 0 Å². The van der Waals surface area contributed by atoms with Gasteiger partial charge in [0.2, 0.25) is 0 Å². The minimum atomic E-state index is -0.200. The van der Waals surface area contributed by atoms with E-state index in [1.807, 2.05) is 37.3 Å². The number of aryl methyl sites for hydroxylation is 1. The maximum absolute atomic E-state index is 6.52. The molecule has 4 heteroatoms. The van der Waals surface area contributed by atoms with E-state index in [0.717, 1.165) is 20.1 Å². The molecule has 1 atom stereocenters. The fraction of sp³-hybridized carbons (Fsp3) is 0.143. The third-order valence-electron chi connectivity index (χ3n) is 2.71. The normalized spacial score (nSPS) is 12.5. The Morgan fingerprint density at radius 1 is 1.00 bits per heavy atom. The maximum Gasteiger partial charge on any atom is 0.0846 e. The first kappa shape index (κ1) is 14.4. The summed E-state index contributed by atoms with van der Waals surface area (Å²) in [5.74, 6) is 0. The Labute approximate surface area is 134 Å². The lowest BCUT2D eigenvalue weighted by molar-refractivity contribution is 1.12. The van der Waals surface area contributed by atoms with E-state index < -0.39 is 0 Å². The number of hydrogen-bond acceptors (Lipinski definition) is 0. The van der Waals surface area contributed by atoms with Crippen molar-refractivity contribution in [3.05, 3.63) is 67.1 Å². The molecule has 0 spiro atoms. The van der Waals surface area contributed by atoms with Crippen LogP contribution in [0, 0.1) is 6.92 Å². The van der Waals surface area contributed by atoms with Crippen LogP contribution in [0.2, 0.25) is 5.02 Å². The molecule has 0 aliphatic carbocycles. The molecule has 0 nitrogen and oxygen atoms in total. The molecule has 1 unspecified atom stereocenters. The first-order valence-corrected chi connectivity index (χ1v) is 7.74. The molecule has 0 aliphatic heterocycles. The van der Waals surface area contributed by atoms with Crippen molar-refractivity contribution >= 4 is 55.1 Å². The van der Waals surface area contributed by atoms with Crippen molar-refractivity contribution in [3.8, 4) is 0 Å². The van der Waals surface area contributed by atoms with E-state index in [2.05, 4.69) is 37.9 Å². The summed E-state index contributed by atoms with van der Waals surface area (Å²) in [6, 6.07) is 11.7. The average molecular weight is 409 g/mol. The van der Waals surface area contributed by atoms with Crippen molar-refractivity contribution in [3.63, 3.8) is 0 Å². The van der Waals surface area contributed by atoms with Crippen LogP contribution in [-0.2, 0) is 0 Å². The first-order chi connectivity index (χ1) is 8.49. The Bertz CT molecular complexity index is 565. The summed E-state index contributed by atoms with van der Waals surface area (Å²) in [6.07, 6.45) is 0. The zero-order valence-electron chi connectivity index (χ0n) is 9.55. The van der Waals surface area contributed by atoms with Crippen molar-refractivity contribution < 1.29 is 0 Å². The Morgan fingerprint density at radius 3 is 2.22 bits per heavy atom. The van der Waals surface area contributed by atoms with Crippen LogP contribution < -0.4 is 0 Å². The summed E-state index contributed by atoms with van der Waals surface area (Å²) in [5.41, 5.74) is 3.24. The van der Waals surface area contributed by atoms with E-state index in [-0.39, 0.29) is 5.38 Å². The van der Waals surface area contributed by atoms with Crippen molar-refractivity contribution in [2.75, 3.05) is 0 Å². The van der Waals surface area contributed by atoms with E-state index in [0.29, 0.717) is 5.02 Å². The molecule has 0 aromatic heterocycles. The van der Waals surface area contributed by atoms with Crippen LogP contribution in [-0.4, -0.2) is 0 Å². The Morgan fingerprint density at radius 2 is 1.61 bits per heavy atom. The fourth-order valence-corrected chi connectivity index (χ4v) is 3.30. The van der Waals surface area contributed by atoms with E-state index in [1.165, 1.54) is 5.56 Å². The summed E-state index contributed by atoms with van der Waals surface area (Å²) >= 11 is 19.5. The number of hydrogen-bond donors (Lipinski definition) is 0. The molecule has 0 fully saturated rings. The summed E-state index contributed by atoms with van der Waals surface area (Å²) in [4.78, 5) is 0. The zero-order chi connectivity index (χ0) is 13.3. The van der Waals surface area contributed by atoms with Crippen LogP contribution >= 0.6 is 55.1 Å². The minimum absolute atomic E-state index is 0.200. The molecule has 2 aromatic rings. The van der Waals surface area contributed by atoms with Gasteiger partial charge < -0.3 is 0 Å². The number of benzene rings is 2. The van der Waals surface area contributed by atoms with Gasteiger partial charge in [-0.3, -0.25) is 0 Å². The smallest absolute Gasteiger partial charge is 0.0846 e. The van der Waals surface area contributed by atoms with E-state index in [1.54, 1.807) is 0 Å². The van der Waals surface area contributed by atoms with Gasteiger partial charge in [-0.2, -0.15) is 0 Å². The standard InChI is InChI=1S/C14H10Br2Cl2/c1-8-6-13(16)11(7-12(8)15)14(18)9-2-4-10(17)5-3-9/h2-7,14H,1H3. The molecule has 2 rings (SSSR count). The van der Waals surface area contributed by atoms with Gasteiger partial charge in [0.1, 0.15) is 0 Å². The van der Waals surface area contributed by atoms with Gasteiger partial charge in [-0.05, 0) is 47.9 Å². The van der Waals surface area contributed by atoms with Crippen molar-refractivity contribution in [2.24, 2.45) is 0 Å². The Hall–Kier alpha value is -0.0200. The Kier molecular flexibility index (Phi) is 4.76. The summed E-state index contributed by atoms with van der Waals surface area (Å²) in [6.45, 7) is 2.05. The number of alkyl halides is 1. The predicted molar refractivity (Wildman–Crippen MR) is 85.7 cm³/mol. The Balaban J connectivity index is 2.42. The number of halogens is 4. The molecule has 2 aromatic carbocycles. The lowest BCUT2D eigenvalue weighted by atomic mass is 10.0. The molecular formula is C14H10Br2Cl2. The van der Waals surface area contributed by atoms with Gasteiger partial charge in [0.05, 0.1) is 5.38 Å². The molecule has 0 saturated heterocycles. The van der Waals surface area contributed by atoms with Gasteiger partial charge in [0, 0.05) is 14.0 Å². The van der Waals surface area contributed by atoms with Crippen LogP contribution in [0.1, 0.15) is 22.1 Å². The van der Waals surface area contributed by atoms with Crippen LogP contribution in [0.5, 0.6) is 0 Å². The molecule has 0 radical (unpaired) electrons. The van der Waals surface area contributed by atoms with E-state index in [9.17, 15) is 0 Å². The molecule has 0 bridgehead atoms. The maximum atomic E-state index is 6.52.